The molecule has 0 aliphatic heterocycles. The number of aromatic nitrogens is 1. The Kier molecular flexibility index (Phi) is 6.94. The molecule has 0 saturated heterocycles. The van der Waals surface area contributed by atoms with Gasteiger partial charge in [-0.25, -0.2) is 8.78 Å². The second-order valence-electron chi connectivity index (χ2n) is 7.49. The molecule has 3 aromatic rings. The summed E-state index contributed by atoms with van der Waals surface area (Å²) in [6.45, 7) is 2.92. The Morgan fingerprint density at radius 3 is 2.42 bits per heavy atom. The number of nitrogens with one attached hydrogen (secondary N) is 1. The summed E-state index contributed by atoms with van der Waals surface area (Å²) in [4.78, 5) is 36.6. The molecule has 0 saturated carbocycles. The Morgan fingerprint density at radius 2 is 1.82 bits per heavy atom. The van der Waals surface area contributed by atoms with Crippen molar-refractivity contribution in [3.8, 4) is 5.75 Å². The van der Waals surface area contributed by atoms with E-state index in [0.29, 0.717) is 0 Å². The Morgan fingerprint density at radius 1 is 1.15 bits per heavy atom. The zero-order valence-electron chi connectivity index (χ0n) is 17.4. The van der Waals surface area contributed by atoms with E-state index in [1.165, 1.54) is 32.0 Å². The molecule has 1 atom stereocenters. The largest absolute Gasteiger partial charge is 0.503 e. The third-order valence-electron chi connectivity index (χ3n) is 5.08. The third-order valence-corrected chi connectivity index (χ3v) is 5.82. The smallest absolute Gasteiger partial charge is 0.305 e. The van der Waals surface area contributed by atoms with Crippen LogP contribution >= 0.6 is 23.2 Å². The number of aliphatic carboxylic acids is 1. The second-order valence-corrected chi connectivity index (χ2v) is 8.31. The van der Waals surface area contributed by atoms with E-state index in [9.17, 15) is 28.3 Å². The number of halogens is 4. The van der Waals surface area contributed by atoms with E-state index < -0.39 is 47.6 Å². The molecule has 0 aliphatic carbocycles. The molecule has 2 aromatic carbocycles. The van der Waals surface area contributed by atoms with E-state index in [2.05, 4.69) is 5.32 Å². The number of phenols is 1. The summed E-state index contributed by atoms with van der Waals surface area (Å²) in [5.74, 6) is -6.30. The fraction of sp³-hybridized carbons (Fsp3) is 0.227. The van der Waals surface area contributed by atoms with Crippen molar-refractivity contribution in [3.63, 3.8) is 0 Å². The number of hydrogen-bond acceptors (Lipinski definition) is 4. The topological polar surface area (TPSA) is 109 Å². The highest BCUT2D eigenvalue weighted by Crippen LogP contribution is 2.36. The molecule has 0 spiro atoms. The monoisotopic (exact) mass is 498 g/mol. The van der Waals surface area contributed by atoms with Gasteiger partial charge in [0.15, 0.2) is 17.4 Å². The van der Waals surface area contributed by atoms with E-state index in [-0.39, 0.29) is 44.2 Å². The van der Waals surface area contributed by atoms with Gasteiger partial charge in [0.2, 0.25) is 5.91 Å². The summed E-state index contributed by atoms with van der Waals surface area (Å²) in [6, 6.07) is 4.16. The number of carbonyl (C=O) groups excluding carboxylic acids is 2. The van der Waals surface area contributed by atoms with Crippen LogP contribution in [0.1, 0.15) is 35.0 Å². The van der Waals surface area contributed by atoms with Crippen molar-refractivity contribution in [1.82, 2.24) is 9.88 Å². The number of nitrogens with zero attached hydrogens (tertiary/aromatic N) is 1. The molecule has 33 heavy (non-hydrogen) atoms. The molecule has 0 bridgehead atoms. The number of carboxylic acids is 1. The number of aromatic hydroxyl groups is 1. The van der Waals surface area contributed by atoms with E-state index in [1.54, 1.807) is 0 Å². The molecular formula is C22H18Cl2F2N2O5. The van der Waals surface area contributed by atoms with Gasteiger partial charge < -0.3 is 15.5 Å². The van der Waals surface area contributed by atoms with Gasteiger partial charge in [-0.1, -0.05) is 23.2 Å². The average Bonchev–Trinajstić information content (AvgIpc) is 2.98. The number of carboxylic acid groups (broad SMARTS) is 1. The molecule has 174 valence electrons. The van der Waals surface area contributed by atoms with Gasteiger partial charge >= 0.3 is 5.97 Å². The highest BCUT2D eigenvalue weighted by molar-refractivity contribution is 6.42. The van der Waals surface area contributed by atoms with Gasteiger partial charge in [-0.15, -0.1) is 0 Å². The van der Waals surface area contributed by atoms with Crippen LogP contribution in [-0.2, 0) is 16.0 Å². The fourth-order valence-electron chi connectivity index (χ4n) is 3.59. The Hall–Kier alpha value is -3.17. The maximum absolute atomic E-state index is 14.9. The van der Waals surface area contributed by atoms with Gasteiger partial charge in [0.1, 0.15) is 0 Å². The number of rotatable bonds is 6. The van der Waals surface area contributed by atoms with Crippen molar-refractivity contribution >= 4 is 51.9 Å². The van der Waals surface area contributed by atoms with Crippen LogP contribution in [0.25, 0.3) is 10.9 Å². The molecule has 11 heteroatoms. The fourth-order valence-corrected chi connectivity index (χ4v) is 3.89. The van der Waals surface area contributed by atoms with E-state index in [4.69, 9.17) is 28.3 Å². The van der Waals surface area contributed by atoms with Crippen LogP contribution in [0.2, 0.25) is 10.0 Å². The molecule has 3 N–H and O–H groups in total. The predicted octanol–water partition coefficient (Wildman–Crippen LogP) is 4.45. The maximum atomic E-state index is 14.9. The molecule has 1 unspecified atom stereocenters. The zero-order valence-corrected chi connectivity index (χ0v) is 18.9. The van der Waals surface area contributed by atoms with Crippen LogP contribution in [0.3, 0.4) is 0 Å². The van der Waals surface area contributed by atoms with Crippen LogP contribution in [0.15, 0.2) is 24.3 Å². The zero-order chi connectivity index (χ0) is 24.6. The van der Waals surface area contributed by atoms with Gasteiger partial charge in [0, 0.05) is 28.8 Å². The summed E-state index contributed by atoms with van der Waals surface area (Å²) in [5, 5.41) is 21.1. The predicted molar refractivity (Wildman–Crippen MR) is 118 cm³/mol. The van der Waals surface area contributed by atoms with E-state index in [1.807, 2.05) is 0 Å². The molecule has 0 aliphatic rings. The maximum Gasteiger partial charge on any atom is 0.305 e. The van der Waals surface area contributed by atoms with Crippen LogP contribution in [0.5, 0.6) is 5.75 Å². The standard InChI is InChI=1S/C22H18Cl2F2N2O5/c1-9(5-18(30)31)27-17(29)7-12-10(2)28(16-8-15(25)21(32)20(26)19(12)16)22(33)11-3-4-13(23)14(24)6-11/h3-4,6,8-9,32H,5,7H2,1-2H3,(H,27,29)(H,30,31). The van der Waals surface area contributed by atoms with Crippen LogP contribution in [-0.4, -0.2) is 38.6 Å². The second kappa shape index (κ2) is 9.36. The van der Waals surface area contributed by atoms with Gasteiger partial charge in [0.25, 0.3) is 5.91 Å². The number of fused-ring (bicyclic) bond motifs is 1. The van der Waals surface area contributed by atoms with Gasteiger partial charge in [-0.05, 0) is 37.6 Å². The summed E-state index contributed by atoms with van der Waals surface area (Å²) in [5.41, 5.74) is 0.0411. The summed E-state index contributed by atoms with van der Waals surface area (Å²) in [6.07, 6.45) is -0.779. The van der Waals surface area contributed by atoms with Crippen LogP contribution < -0.4 is 5.32 Å². The first-order valence-corrected chi connectivity index (χ1v) is 10.4. The van der Waals surface area contributed by atoms with Crippen molar-refractivity contribution in [1.29, 1.82) is 0 Å². The number of hydrogen-bond donors (Lipinski definition) is 3. The minimum absolute atomic E-state index is 0.0336. The third kappa shape index (κ3) is 4.79. The molecular weight excluding hydrogens is 481 g/mol. The van der Waals surface area contributed by atoms with Crippen molar-refractivity contribution in [3.05, 3.63) is 62.8 Å². The van der Waals surface area contributed by atoms with Gasteiger partial charge in [-0.2, -0.15) is 0 Å². The normalized spacial score (nSPS) is 12.1. The lowest BCUT2D eigenvalue weighted by Gasteiger charge is -2.12. The quantitative estimate of drug-likeness (QED) is 0.465. The van der Waals surface area contributed by atoms with Crippen molar-refractivity contribution in [2.24, 2.45) is 0 Å². The number of carbonyl (C=O) groups is 3. The Labute approximate surface area is 196 Å². The Balaban J connectivity index is 2.14. The first-order chi connectivity index (χ1) is 15.4. The summed E-state index contributed by atoms with van der Waals surface area (Å²) >= 11 is 11.9. The van der Waals surface area contributed by atoms with E-state index >= 15 is 0 Å². The van der Waals surface area contributed by atoms with Gasteiger partial charge in [-0.3, -0.25) is 19.0 Å². The van der Waals surface area contributed by atoms with Crippen LogP contribution in [0, 0.1) is 18.6 Å². The molecule has 3 rings (SSSR count). The van der Waals surface area contributed by atoms with E-state index in [0.717, 1.165) is 10.6 Å². The lowest BCUT2D eigenvalue weighted by molar-refractivity contribution is -0.137. The lowest BCUT2D eigenvalue weighted by atomic mass is 10.1. The SMILES string of the molecule is Cc1c(CC(=O)NC(C)CC(=O)O)c2c(F)c(O)c(F)cc2n1C(=O)c1ccc(Cl)c(Cl)c1. The first-order valence-electron chi connectivity index (χ1n) is 9.64. The first kappa shape index (κ1) is 24.5. The summed E-state index contributed by atoms with van der Waals surface area (Å²) < 4.78 is 30.1. The lowest BCUT2D eigenvalue weighted by Crippen LogP contribution is -2.35. The minimum Gasteiger partial charge on any atom is -0.503 e. The highest BCUT2D eigenvalue weighted by atomic mass is 35.5. The summed E-state index contributed by atoms with van der Waals surface area (Å²) in [7, 11) is 0. The number of benzene rings is 2. The minimum atomic E-state index is -1.32. The molecule has 0 fully saturated rings. The average molecular weight is 499 g/mol. The molecule has 1 aromatic heterocycles. The van der Waals surface area contributed by atoms with Crippen LogP contribution in [0.4, 0.5) is 8.78 Å². The van der Waals surface area contributed by atoms with Crippen molar-refractivity contribution in [2.45, 2.75) is 32.7 Å². The number of amides is 1. The molecule has 0 radical (unpaired) electrons. The molecule has 1 heterocycles. The van der Waals surface area contributed by atoms with Gasteiger partial charge in [0.05, 0.1) is 28.4 Å². The Bertz CT molecular complexity index is 1310. The molecule has 1 amide bonds. The van der Waals surface area contributed by atoms with Crippen molar-refractivity contribution in [2.75, 3.05) is 0 Å². The van der Waals surface area contributed by atoms with Crippen molar-refractivity contribution < 1.29 is 33.4 Å². The highest BCUT2D eigenvalue weighted by Gasteiger charge is 2.27. The molecule has 7 nitrogen and oxygen atoms in total. The number of phenolic OH excluding ortho intramolecular Hbond substituents is 1.